The summed E-state index contributed by atoms with van der Waals surface area (Å²) >= 11 is 0. The van der Waals surface area contributed by atoms with Crippen molar-refractivity contribution in [3.63, 3.8) is 0 Å². The molecule has 4 rings (SSSR count). The molecule has 2 heterocycles. The minimum Gasteiger partial charge on any atom is -0.490 e. The number of rotatable bonds is 7. The molecular formula is C40H58F2N2O5. The number of pyridine rings is 1. The number of benzene rings is 2. The van der Waals surface area contributed by atoms with Gasteiger partial charge in [-0.1, -0.05) is 53.7 Å². The molecule has 0 saturated carbocycles. The highest BCUT2D eigenvalue weighted by molar-refractivity contribution is 5.99. The Hall–Kier alpha value is -4.11. The van der Waals surface area contributed by atoms with Crippen LogP contribution in [0.4, 0.5) is 8.78 Å². The normalized spacial score (nSPS) is 11.7. The molecule has 0 saturated heterocycles. The van der Waals surface area contributed by atoms with E-state index >= 15 is 4.39 Å². The van der Waals surface area contributed by atoms with E-state index in [4.69, 9.17) is 9.84 Å². The third kappa shape index (κ3) is 14.1. The number of aryl methyl sites for hydroxylation is 2. The summed E-state index contributed by atoms with van der Waals surface area (Å²) in [6.07, 6.45) is 2.74. The van der Waals surface area contributed by atoms with Crippen molar-refractivity contribution in [3.8, 4) is 16.9 Å². The zero-order chi connectivity index (χ0) is 38.1. The second kappa shape index (κ2) is 21.8. The van der Waals surface area contributed by atoms with E-state index < -0.39 is 17.4 Å². The van der Waals surface area contributed by atoms with Crippen molar-refractivity contribution < 1.29 is 33.3 Å². The van der Waals surface area contributed by atoms with E-state index in [1.165, 1.54) is 18.2 Å². The quantitative estimate of drug-likeness (QED) is 0.214. The van der Waals surface area contributed by atoms with Crippen LogP contribution in [0.15, 0.2) is 35.9 Å². The molecule has 272 valence electrons. The van der Waals surface area contributed by atoms with Gasteiger partial charge in [-0.3, -0.25) is 14.6 Å². The van der Waals surface area contributed by atoms with E-state index in [2.05, 4.69) is 10.3 Å². The molecule has 0 radical (unpaired) electrons. The van der Waals surface area contributed by atoms with Gasteiger partial charge in [0.2, 0.25) is 5.91 Å². The van der Waals surface area contributed by atoms with Crippen LogP contribution in [0.2, 0.25) is 0 Å². The predicted octanol–water partition coefficient (Wildman–Crippen LogP) is 9.48. The number of aliphatic carboxylic acids is 1. The van der Waals surface area contributed by atoms with E-state index in [1.54, 1.807) is 59.8 Å². The zero-order valence-electron chi connectivity index (χ0n) is 31.8. The van der Waals surface area contributed by atoms with Gasteiger partial charge in [0.25, 0.3) is 0 Å². The van der Waals surface area contributed by atoms with Gasteiger partial charge >= 0.3 is 5.97 Å². The minimum atomic E-state index is -1.04. The maximum absolute atomic E-state index is 15.2. The van der Waals surface area contributed by atoms with Crippen LogP contribution in [0, 0.1) is 32.4 Å². The molecule has 0 bridgehead atoms. The lowest BCUT2D eigenvalue weighted by Gasteiger charge is -2.24. The monoisotopic (exact) mass is 684 g/mol. The summed E-state index contributed by atoms with van der Waals surface area (Å²) in [5, 5.41) is 21.0. The molecule has 49 heavy (non-hydrogen) atoms. The van der Waals surface area contributed by atoms with E-state index in [0.29, 0.717) is 57.8 Å². The first kappa shape index (κ1) is 44.9. The number of halogens is 2. The first-order valence-corrected chi connectivity index (χ1v) is 17.2. The first-order chi connectivity index (χ1) is 23.1. The highest BCUT2D eigenvalue weighted by Gasteiger charge is 2.26. The van der Waals surface area contributed by atoms with Crippen molar-refractivity contribution in [2.24, 2.45) is 0 Å². The Labute approximate surface area is 292 Å². The lowest BCUT2D eigenvalue weighted by Crippen LogP contribution is -2.23. The molecule has 1 amide bonds. The summed E-state index contributed by atoms with van der Waals surface area (Å²) in [4.78, 5) is 29.3. The Balaban J connectivity index is 0.00000186. The molecule has 0 unspecified atom stereocenters. The van der Waals surface area contributed by atoms with Gasteiger partial charge < -0.3 is 20.3 Å². The van der Waals surface area contributed by atoms with Crippen molar-refractivity contribution in [2.45, 2.75) is 121 Å². The standard InChI is InChI=1S/C30H30F2N2O4.C4H10O.3C2H6/c1-16(30(37)33-15-20-7-5-8-21(31)12-20)11-24-18(3)34-19(4)25(14-27(35)36)28(24)23-13-26(32)29-22(17(23)2)9-6-10-38-29;1-4(2,3)5;3*1-2/h5,7-8,11-13H,6,9-10,14-15H2,1-4H3,(H,33,37)(H,35,36);5H,1-3H3;3*1-2H3/b16-11+;;;;. The number of carbonyl (C=O) groups is 2. The minimum absolute atomic E-state index is 0.138. The fourth-order valence-corrected chi connectivity index (χ4v) is 4.92. The van der Waals surface area contributed by atoms with Crippen molar-refractivity contribution >= 4 is 18.0 Å². The third-order valence-corrected chi connectivity index (χ3v) is 6.83. The van der Waals surface area contributed by atoms with Crippen LogP contribution in [-0.2, 0) is 29.0 Å². The Bertz CT molecular complexity index is 1550. The fraction of sp³-hybridized carbons (Fsp3) is 0.475. The highest BCUT2D eigenvalue weighted by atomic mass is 19.1. The van der Waals surface area contributed by atoms with Crippen LogP contribution in [0.1, 0.15) is 115 Å². The molecule has 0 aliphatic carbocycles. The Kier molecular flexibility index (Phi) is 19.9. The van der Waals surface area contributed by atoms with Crippen molar-refractivity contribution in [2.75, 3.05) is 6.61 Å². The zero-order valence-corrected chi connectivity index (χ0v) is 31.8. The van der Waals surface area contributed by atoms with Gasteiger partial charge in [0.1, 0.15) is 5.82 Å². The third-order valence-electron chi connectivity index (χ3n) is 6.83. The molecule has 0 atom stereocenters. The van der Waals surface area contributed by atoms with Crippen LogP contribution in [-0.4, -0.2) is 39.3 Å². The molecule has 9 heteroatoms. The SMILES string of the molecule is C/C(=C\c1c(C)nc(C)c(CC(=O)O)c1-c1cc(F)c2c(c1C)CCCO2)C(=O)NCc1cccc(F)c1.CC.CC.CC.CC(C)(C)O. The number of hydrogen-bond donors (Lipinski definition) is 3. The van der Waals surface area contributed by atoms with Gasteiger partial charge in [-0.15, -0.1) is 0 Å². The van der Waals surface area contributed by atoms with Crippen LogP contribution in [0.5, 0.6) is 5.75 Å². The van der Waals surface area contributed by atoms with Crippen LogP contribution < -0.4 is 10.1 Å². The second-order valence-electron chi connectivity index (χ2n) is 11.7. The van der Waals surface area contributed by atoms with Crippen LogP contribution in [0.25, 0.3) is 17.2 Å². The van der Waals surface area contributed by atoms with Gasteiger partial charge in [0.15, 0.2) is 11.6 Å². The smallest absolute Gasteiger partial charge is 0.307 e. The number of aliphatic hydroxyl groups is 1. The number of nitrogens with one attached hydrogen (secondary N) is 1. The van der Waals surface area contributed by atoms with Gasteiger partial charge in [-0.05, 0) is 113 Å². The lowest BCUT2D eigenvalue weighted by atomic mass is 9.85. The number of nitrogens with zero attached hydrogens (tertiary/aromatic N) is 1. The summed E-state index contributed by atoms with van der Waals surface area (Å²) < 4.78 is 34.3. The highest BCUT2D eigenvalue weighted by Crippen LogP contribution is 2.41. The number of carboxylic acid groups (broad SMARTS) is 1. The number of fused-ring (bicyclic) bond motifs is 1. The summed E-state index contributed by atoms with van der Waals surface area (Å²) in [6.45, 7) is 24.8. The number of hydrogen-bond acceptors (Lipinski definition) is 5. The summed E-state index contributed by atoms with van der Waals surface area (Å²) in [5.74, 6) is -2.07. The maximum atomic E-state index is 15.2. The van der Waals surface area contributed by atoms with Gasteiger partial charge in [0, 0.05) is 34.6 Å². The summed E-state index contributed by atoms with van der Waals surface area (Å²) in [6, 6.07) is 7.35. The molecule has 3 aromatic rings. The molecule has 0 spiro atoms. The van der Waals surface area contributed by atoms with Gasteiger partial charge in [-0.2, -0.15) is 0 Å². The number of amides is 1. The number of ether oxygens (including phenoxy) is 1. The molecular weight excluding hydrogens is 626 g/mol. The molecule has 1 aromatic heterocycles. The van der Waals surface area contributed by atoms with Crippen molar-refractivity contribution in [1.82, 2.24) is 10.3 Å². The second-order valence-corrected chi connectivity index (χ2v) is 11.7. The summed E-state index contributed by atoms with van der Waals surface area (Å²) in [5.41, 5.74) is 5.24. The average molecular weight is 685 g/mol. The van der Waals surface area contributed by atoms with E-state index in [1.807, 2.05) is 48.5 Å². The van der Waals surface area contributed by atoms with Crippen LogP contribution in [0.3, 0.4) is 0 Å². The average Bonchev–Trinajstić information content (AvgIpc) is 3.06. The number of carboxylic acids is 1. The van der Waals surface area contributed by atoms with E-state index in [-0.39, 0.29) is 30.4 Å². The van der Waals surface area contributed by atoms with Gasteiger partial charge in [-0.25, -0.2) is 8.78 Å². The molecule has 7 nitrogen and oxygen atoms in total. The van der Waals surface area contributed by atoms with Crippen LogP contribution >= 0.6 is 0 Å². The molecule has 1 aliphatic heterocycles. The molecule has 1 aliphatic rings. The molecule has 0 fully saturated rings. The topological polar surface area (TPSA) is 109 Å². The van der Waals surface area contributed by atoms with Crippen molar-refractivity contribution in [3.05, 3.63) is 86.7 Å². The molecule has 2 aromatic carbocycles. The Morgan fingerprint density at radius 2 is 1.59 bits per heavy atom. The lowest BCUT2D eigenvalue weighted by molar-refractivity contribution is -0.136. The Morgan fingerprint density at radius 1 is 1.00 bits per heavy atom. The van der Waals surface area contributed by atoms with E-state index in [0.717, 1.165) is 17.5 Å². The predicted molar refractivity (Wildman–Crippen MR) is 197 cm³/mol. The fourth-order valence-electron chi connectivity index (χ4n) is 4.92. The van der Waals surface area contributed by atoms with Gasteiger partial charge in [0.05, 0.1) is 18.6 Å². The Morgan fingerprint density at radius 3 is 2.14 bits per heavy atom. The number of aromatic nitrogens is 1. The molecule has 3 N–H and O–H groups in total. The van der Waals surface area contributed by atoms with Crippen molar-refractivity contribution in [1.29, 1.82) is 0 Å². The largest absolute Gasteiger partial charge is 0.490 e. The van der Waals surface area contributed by atoms with E-state index in [9.17, 15) is 19.1 Å². The maximum Gasteiger partial charge on any atom is 0.307 e. The summed E-state index contributed by atoms with van der Waals surface area (Å²) in [7, 11) is 0. The first-order valence-electron chi connectivity index (χ1n) is 17.2. The number of carbonyl (C=O) groups excluding carboxylic acids is 1.